The van der Waals surface area contributed by atoms with E-state index in [4.69, 9.17) is 0 Å². The highest BCUT2D eigenvalue weighted by atomic mass is 127. The largest absolute Gasteiger partial charge is 0.187 e. The van der Waals surface area contributed by atoms with Gasteiger partial charge in [-0.05, 0) is 11.4 Å². The third-order valence-electron chi connectivity index (χ3n) is 0. The molecule has 0 amide bonds. The van der Waals surface area contributed by atoms with Crippen LogP contribution in [0.1, 0.15) is 0 Å². The van der Waals surface area contributed by atoms with Crippen molar-refractivity contribution in [2.75, 3.05) is 4.43 Å². The minimum absolute atomic E-state index is 0. The molecule has 0 aromatic heterocycles. The molecule has 0 heterocycles. The minimum Gasteiger partial charge on any atom is -0.0864 e. The summed E-state index contributed by atoms with van der Waals surface area (Å²) in [7, 11) is 0. The topological polar surface area (TPSA) is 0 Å². The normalized spacial score (nSPS) is 4.50. The molecular weight excluding hydrogens is 178 g/mol. The van der Waals surface area contributed by atoms with Crippen LogP contribution in [0.5, 0.6) is 0 Å². The fourth-order valence-corrected chi connectivity index (χ4v) is 0. The van der Waals surface area contributed by atoms with E-state index in [2.05, 4.69) is 29.5 Å². The molecule has 0 saturated carbocycles. The molecule has 2 heteroatoms. The Morgan fingerprint density at radius 1 is 1.75 bits per heavy atom. The van der Waals surface area contributed by atoms with Crippen LogP contribution in [0.3, 0.4) is 0 Å². The molecule has 4 heavy (non-hydrogen) atoms. The Morgan fingerprint density at radius 3 is 1.75 bits per heavy atom. The zero-order valence-electron chi connectivity index (χ0n) is 1.79. The molecule has 0 saturated heterocycles. The van der Waals surface area contributed by atoms with Crippen molar-refractivity contribution in [3.8, 4) is 0 Å². The first-order chi connectivity index (χ1) is 1.41. The van der Waals surface area contributed by atoms with E-state index >= 15 is 0 Å². The molecule has 0 unspecified atom stereocenters. The van der Waals surface area contributed by atoms with Gasteiger partial charge in [-0.1, -0.05) is 22.6 Å². The van der Waals surface area contributed by atoms with Crippen molar-refractivity contribution in [1.29, 1.82) is 0 Å². The zero-order valence-corrected chi connectivity index (χ0v) is 3.95. The van der Waals surface area contributed by atoms with Crippen molar-refractivity contribution in [2.24, 2.45) is 0 Å². The molecule has 0 aliphatic heterocycles. The SMILES string of the molecule is [AlH3].[CH2]CI. The van der Waals surface area contributed by atoms with E-state index in [1.807, 2.05) is 0 Å². The summed E-state index contributed by atoms with van der Waals surface area (Å²) in [6.45, 7) is 3.47. The summed E-state index contributed by atoms with van der Waals surface area (Å²) in [5.41, 5.74) is 0. The van der Waals surface area contributed by atoms with Gasteiger partial charge < -0.3 is 0 Å². The summed E-state index contributed by atoms with van der Waals surface area (Å²) in [5.74, 6) is 0. The molecule has 0 spiro atoms. The molecule has 0 rings (SSSR count). The highest BCUT2D eigenvalue weighted by molar-refractivity contribution is 14.1. The first kappa shape index (κ1) is 8.98. The lowest BCUT2D eigenvalue weighted by atomic mass is 11.0. The van der Waals surface area contributed by atoms with Crippen molar-refractivity contribution >= 4 is 40.0 Å². The Kier molecular flexibility index (Phi) is 19.9. The van der Waals surface area contributed by atoms with Gasteiger partial charge in [-0.25, -0.2) is 0 Å². The lowest BCUT2D eigenvalue weighted by Crippen LogP contribution is -1.35. The van der Waals surface area contributed by atoms with Gasteiger partial charge in [-0.15, -0.1) is 0 Å². The van der Waals surface area contributed by atoms with Gasteiger partial charge in [-0.2, -0.15) is 0 Å². The summed E-state index contributed by atoms with van der Waals surface area (Å²) in [6.07, 6.45) is 0. The molecule has 0 fully saturated rings. The maximum atomic E-state index is 3.47. The Labute approximate surface area is 51.2 Å². The number of rotatable bonds is 0. The van der Waals surface area contributed by atoms with Gasteiger partial charge in [0.25, 0.3) is 0 Å². The molecule has 0 nitrogen and oxygen atoms in total. The summed E-state index contributed by atoms with van der Waals surface area (Å²) in [5, 5.41) is 0. The second-order valence-electron chi connectivity index (χ2n) is 0.189. The van der Waals surface area contributed by atoms with Gasteiger partial charge in [0.05, 0.1) is 0 Å². The molecule has 1 radical (unpaired) electrons. The molecular formula is C2H7AlI. The average Bonchev–Trinajstić information content (AvgIpc) is 0.918. The highest BCUT2D eigenvalue weighted by Gasteiger charge is 1.38. The van der Waals surface area contributed by atoms with Crippen LogP contribution in [0, 0.1) is 6.92 Å². The van der Waals surface area contributed by atoms with Gasteiger partial charge in [0.2, 0.25) is 0 Å². The highest BCUT2D eigenvalue weighted by Crippen LogP contribution is 1.68. The fourth-order valence-electron chi connectivity index (χ4n) is 0. The lowest BCUT2D eigenvalue weighted by molar-refractivity contribution is 1.92. The van der Waals surface area contributed by atoms with Crippen LogP contribution in [-0.4, -0.2) is 21.8 Å². The first-order valence-corrected chi connectivity index (χ1v) is 2.29. The maximum Gasteiger partial charge on any atom is 0.187 e. The van der Waals surface area contributed by atoms with Crippen molar-refractivity contribution in [3.05, 3.63) is 6.92 Å². The quantitative estimate of drug-likeness (QED) is 0.284. The molecule has 25 valence electrons. The zero-order chi connectivity index (χ0) is 2.71. The number of hydrogen-bond donors (Lipinski definition) is 0. The molecule has 0 aromatic carbocycles. The monoisotopic (exact) mass is 185 g/mol. The van der Waals surface area contributed by atoms with E-state index < -0.39 is 0 Å². The van der Waals surface area contributed by atoms with Crippen molar-refractivity contribution < 1.29 is 0 Å². The maximum absolute atomic E-state index is 3.47. The second-order valence-corrected chi connectivity index (χ2v) is 1.27. The summed E-state index contributed by atoms with van der Waals surface area (Å²) in [4.78, 5) is 0. The van der Waals surface area contributed by atoms with Gasteiger partial charge >= 0.3 is 0 Å². The van der Waals surface area contributed by atoms with Gasteiger partial charge in [0.15, 0.2) is 17.4 Å². The molecule has 0 aliphatic rings. The van der Waals surface area contributed by atoms with E-state index in [9.17, 15) is 0 Å². The van der Waals surface area contributed by atoms with E-state index in [0.29, 0.717) is 0 Å². The van der Waals surface area contributed by atoms with Crippen LogP contribution in [0.15, 0.2) is 0 Å². The number of alkyl halides is 1. The predicted octanol–water partition coefficient (Wildman–Crippen LogP) is 0.0716. The second kappa shape index (κ2) is 8.86. The lowest BCUT2D eigenvalue weighted by Gasteiger charge is -1.45. The Morgan fingerprint density at radius 2 is 1.75 bits per heavy atom. The summed E-state index contributed by atoms with van der Waals surface area (Å²) < 4.78 is 0.970. The van der Waals surface area contributed by atoms with Crippen LogP contribution in [-0.2, 0) is 0 Å². The summed E-state index contributed by atoms with van der Waals surface area (Å²) >= 11 is 2.18. The predicted molar refractivity (Wildman–Crippen MR) is 34.2 cm³/mol. The minimum atomic E-state index is 0. The molecule has 0 N–H and O–H groups in total. The standard InChI is InChI=1S/C2H4I.Al.3H/c1-2-3;;;;/h1-2H2;;;;. The van der Waals surface area contributed by atoms with Gasteiger partial charge in [0.1, 0.15) is 0 Å². The molecule has 0 aliphatic carbocycles. The summed E-state index contributed by atoms with van der Waals surface area (Å²) in [6, 6.07) is 0. The van der Waals surface area contributed by atoms with Crippen LogP contribution < -0.4 is 0 Å². The van der Waals surface area contributed by atoms with Crippen molar-refractivity contribution in [1.82, 2.24) is 0 Å². The molecule has 0 bridgehead atoms. The van der Waals surface area contributed by atoms with E-state index in [0.717, 1.165) is 4.43 Å². The van der Waals surface area contributed by atoms with E-state index in [1.165, 1.54) is 0 Å². The third-order valence-corrected chi connectivity index (χ3v) is 0. The Balaban J connectivity index is 0. The smallest absolute Gasteiger partial charge is 0.0864 e. The van der Waals surface area contributed by atoms with Crippen LogP contribution >= 0.6 is 22.6 Å². The van der Waals surface area contributed by atoms with Crippen LogP contribution in [0.4, 0.5) is 0 Å². The van der Waals surface area contributed by atoms with Crippen molar-refractivity contribution in [3.63, 3.8) is 0 Å². The average molecular weight is 185 g/mol. The number of halogens is 1. The van der Waals surface area contributed by atoms with Gasteiger partial charge in [0, 0.05) is 0 Å². The van der Waals surface area contributed by atoms with Crippen LogP contribution in [0.2, 0.25) is 0 Å². The molecule has 0 aromatic rings. The third kappa shape index (κ3) is 10.5. The van der Waals surface area contributed by atoms with Crippen molar-refractivity contribution in [2.45, 2.75) is 0 Å². The number of hydrogen-bond acceptors (Lipinski definition) is 0. The fraction of sp³-hybridized carbons (Fsp3) is 0.500. The Bertz CT molecular complexity index is 6.00. The first-order valence-electron chi connectivity index (χ1n) is 0.767. The van der Waals surface area contributed by atoms with E-state index in [1.54, 1.807) is 0 Å². The Hall–Kier alpha value is 1.26. The van der Waals surface area contributed by atoms with Crippen LogP contribution in [0.25, 0.3) is 0 Å². The van der Waals surface area contributed by atoms with Gasteiger partial charge in [-0.3, -0.25) is 0 Å². The van der Waals surface area contributed by atoms with E-state index in [-0.39, 0.29) is 17.4 Å². The molecule has 0 atom stereocenters.